The van der Waals surface area contributed by atoms with E-state index >= 15 is 0 Å². The number of nitrogens with zero attached hydrogens (tertiary/aromatic N) is 1. The number of hydroxylamine groups is 2. The van der Waals surface area contributed by atoms with Crippen molar-refractivity contribution in [3.05, 3.63) is 168 Å². The molecule has 2 fully saturated rings. The summed E-state index contributed by atoms with van der Waals surface area (Å²) in [7, 11) is -6.99. The smallest absolute Gasteiger partial charge is 0.264 e. The highest BCUT2D eigenvalue weighted by molar-refractivity contribution is 7.86. The maximum atomic E-state index is 13.0. The number of rotatable bonds is 18. The zero-order chi connectivity index (χ0) is 40.6. The summed E-state index contributed by atoms with van der Waals surface area (Å²) in [5, 5.41) is 3.77. The molecular formula is C47H55NO8SSi. The van der Waals surface area contributed by atoms with Crippen LogP contribution in [0.15, 0.2) is 152 Å². The van der Waals surface area contributed by atoms with Crippen molar-refractivity contribution in [3.63, 3.8) is 0 Å². The Bertz CT molecular complexity index is 2070. The molecule has 2 heterocycles. The Morgan fingerprint density at radius 2 is 1.12 bits per heavy atom. The van der Waals surface area contributed by atoms with Gasteiger partial charge >= 0.3 is 0 Å². The Balaban J connectivity index is 1.20. The average molecular weight is 822 g/mol. The van der Waals surface area contributed by atoms with Crippen molar-refractivity contribution in [2.45, 2.75) is 88.6 Å². The van der Waals surface area contributed by atoms with Gasteiger partial charge in [-0.3, -0.25) is 9.02 Å². The Kier molecular flexibility index (Phi) is 13.7. The monoisotopic (exact) mass is 821 g/mol. The number of benzene rings is 5. The quantitative estimate of drug-likeness (QED) is 0.0682. The molecule has 0 aliphatic carbocycles. The minimum absolute atomic E-state index is 0.00970. The molecular weight excluding hydrogens is 767 g/mol. The maximum Gasteiger partial charge on any atom is 0.264 e. The first-order chi connectivity index (χ1) is 28.0. The first-order valence-corrected chi connectivity index (χ1v) is 23.8. The van der Waals surface area contributed by atoms with Crippen LogP contribution in [0.4, 0.5) is 0 Å². The molecule has 0 unspecified atom stereocenters. The molecule has 5 aromatic rings. The maximum absolute atomic E-state index is 13.0. The van der Waals surface area contributed by atoms with E-state index in [1.54, 1.807) is 0 Å². The van der Waals surface area contributed by atoms with E-state index in [0.717, 1.165) is 33.3 Å². The Labute approximate surface area is 345 Å². The molecule has 0 N–H and O–H groups in total. The summed E-state index contributed by atoms with van der Waals surface area (Å²) in [6, 6.07) is 50.1. The molecule has 6 atom stereocenters. The van der Waals surface area contributed by atoms with Crippen LogP contribution in [-0.4, -0.2) is 77.8 Å². The largest absolute Gasteiger partial charge is 0.405 e. The molecule has 0 aromatic heterocycles. The lowest BCUT2D eigenvalue weighted by Crippen LogP contribution is -2.67. The van der Waals surface area contributed by atoms with Gasteiger partial charge in [0.1, 0.15) is 24.4 Å². The third-order valence-corrected chi connectivity index (χ3v) is 16.6. The predicted octanol–water partition coefficient (Wildman–Crippen LogP) is 7.05. The van der Waals surface area contributed by atoms with Gasteiger partial charge in [-0.1, -0.05) is 172 Å². The highest BCUT2D eigenvalue weighted by Crippen LogP contribution is 2.42. The fourth-order valence-electron chi connectivity index (χ4n) is 8.40. The second kappa shape index (κ2) is 18.9. The second-order valence-corrected chi connectivity index (χ2v) is 22.1. The van der Waals surface area contributed by atoms with E-state index in [9.17, 15) is 8.42 Å². The first-order valence-electron chi connectivity index (χ1n) is 20.0. The van der Waals surface area contributed by atoms with Gasteiger partial charge in [0.15, 0.2) is 0 Å². The molecule has 5 aromatic carbocycles. The van der Waals surface area contributed by atoms with Gasteiger partial charge in [-0.15, -0.1) is 0 Å². The van der Waals surface area contributed by atoms with Gasteiger partial charge < -0.3 is 18.6 Å². The minimum Gasteiger partial charge on any atom is -0.405 e. The van der Waals surface area contributed by atoms with Gasteiger partial charge in [0, 0.05) is 0 Å². The van der Waals surface area contributed by atoms with E-state index in [-0.39, 0.29) is 23.7 Å². The van der Waals surface area contributed by atoms with Crippen LogP contribution in [0.25, 0.3) is 0 Å². The highest BCUT2D eigenvalue weighted by Gasteiger charge is 2.58. The summed E-state index contributed by atoms with van der Waals surface area (Å²) in [6.07, 6.45) is -0.981. The standard InChI is InChI=1S/C47H55NO8SSi/c1-47(2,3)58(39-26-16-8-17-27-39,40-28-18-9-19-29-40)54-35-44(56-57(4,49)50)43-30-41-45(52-32-37-22-12-6-13-23-37)46(53-33-38-24-14-7-15-25-38)42(48(41)55-43)34-51-31-36-20-10-5-11-21-36/h5-29,41-46H,30-35H2,1-4H3/t41-,42-,43-,44+,45-,46-/m1/s1. The average Bonchev–Trinajstić information content (AvgIpc) is 3.77. The van der Waals surface area contributed by atoms with Gasteiger partial charge in [0.25, 0.3) is 18.4 Å². The molecule has 0 saturated carbocycles. The van der Waals surface area contributed by atoms with E-state index in [4.69, 9.17) is 27.7 Å². The van der Waals surface area contributed by atoms with Crippen molar-refractivity contribution in [2.75, 3.05) is 19.5 Å². The lowest BCUT2D eigenvalue weighted by molar-refractivity contribution is -0.212. The summed E-state index contributed by atoms with van der Waals surface area (Å²) in [6.45, 7) is 8.01. The van der Waals surface area contributed by atoms with Crippen LogP contribution < -0.4 is 10.4 Å². The van der Waals surface area contributed by atoms with Crippen LogP contribution in [0, 0.1) is 0 Å². The predicted molar refractivity (Wildman–Crippen MR) is 228 cm³/mol. The molecule has 2 aliphatic rings. The van der Waals surface area contributed by atoms with Crippen LogP contribution >= 0.6 is 0 Å². The summed E-state index contributed by atoms with van der Waals surface area (Å²) in [5.41, 5.74) is 3.13. The lowest BCUT2D eigenvalue weighted by Gasteiger charge is -2.44. The third kappa shape index (κ3) is 10.0. The topological polar surface area (TPSA) is 92.8 Å². The molecule has 2 aliphatic heterocycles. The van der Waals surface area contributed by atoms with Gasteiger partial charge in [0.2, 0.25) is 0 Å². The molecule has 9 nitrogen and oxygen atoms in total. The highest BCUT2D eigenvalue weighted by atomic mass is 32.2. The number of ether oxygens (including phenoxy) is 3. The summed E-state index contributed by atoms with van der Waals surface area (Å²) in [4.78, 5) is 6.87. The molecule has 0 radical (unpaired) electrons. The Hall–Kier alpha value is -4.01. The summed E-state index contributed by atoms with van der Waals surface area (Å²) >= 11 is 0. The van der Waals surface area contributed by atoms with Crippen molar-refractivity contribution < 1.29 is 36.1 Å². The van der Waals surface area contributed by atoms with Crippen LogP contribution in [0.5, 0.6) is 0 Å². The van der Waals surface area contributed by atoms with Crippen LogP contribution in [-0.2, 0) is 57.6 Å². The second-order valence-electron chi connectivity index (χ2n) is 16.2. The number of fused-ring (bicyclic) bond motifs is 1. The van der Waals surface area contributed by atoms with Crippen LogP contribution in [0.3, 0.4) is 0 Å². The first kappa shape index (κ1) is 42.1. The van der Waals surface area contributed by atoms with E-state index in [1.165, 1.54) is 0 Å². The summed E-state index contributed by atoms with van der Waals surface area (Å²) in [5.74, 6) is 0. The van der Waals surface area contributed by atoms with Gasteiger partial charge in [0.05, 0.1) is 51.4 Å². The van der Waals surface area contributed by atoms with E-state index in [0.29, 0.717) is 32.8 Å². The number of hydrogen-bond acceptors (Lipinski definition) is 9. The van der Waals surface area contributed by atoms with Crippen LogP contribution in [0.2, 0.25) is 5.04 Å². The summed E-state index contributed by atoms with van der Waals surface area (Å²) < 4.78 is 59.3. The van der Waals surface area contributed by atoms with Crippen molar-refractivity contribution in [1.82, 2.24) is 5.06 Å². The third-order valence-electron chi connectivity index (χ3n) is 11.0. The molecule has 7 rings (SSSR count). The van der Waals surface area contributed by atoms with E-state index in [2.05, 4.69) is 45.0 Å². The molecule has 0 bridgehead atoms. The van der Waals surface area contributed by atoms with Crippen molar-refractivity contribution in [2.24, 2.45) is 0 Å². The fourth-order valence-corrected chi connectivity index (χ4v) is 13.6. The van der Waals surface area contributed by atoms with Gasteiger partial charge in [-0.2, -0.15) is 13.5 Å². The van der Waals surface area contributed by atoms with E-state index in [1.807, 2.05) is 132 Å². The van der Waals surface area contributed by atoms with Gasteiger partial charge in [-0.05, 0) is 38.5 Å². The zero-order valence-corrected chi connectivity index (χ0v) is 35.6. The van der Waals surface area contributed by atoms with Gasteiger partial charge in [-0.25, -0.2) is 0 Å². The zero-order valence-electron chi connectivity index (χ0n) is 33.8. The van der Waals surface area contributed by atoms with Crippen molar-refractivity contribution in [3.8, 4) is 0 Å². The number of hydrogen-bond donors (Lipinski definition) is 0. The minimum atomic E-state index is -3.93. The molecule has 58 heavy (non-hydrogen) atoms. The Morgan fingerprint density at radius 1 is 0.672 bits per heavy atom. The molecule has 306 valence electrons. The SMILES string of the molecule is CC(C)(C)[Si](OC[C@H](OS(C)(=O)=O)[C@H]1C[C@@H]2[C@@H](OCc3ccccc3)[C@H](OCc3ccccc3)[C@@H](COCc3ccccc3)N2O1)(c1ccccc1)c1ccccc1. The fraction of sp³-hybridized carbons (Fsp3) is 0.362. The normalized spacial score (nSPS) is 21.8. The van der Waals surface area contributed by atoms with Crippen LogP contribution in [0.1, 0.15) is 43.9 Å². The van der Waals surface area contributed by atoms with Crippen molar-refractivity contribution in [1.29, 1.82) is 0 Å². The van der Waals surface area contributed by atoms with E-state index < -0.39 is 42.9 Å². The molecule has 11 heteroatoms. The van der Waals surface area contributed by atoms with Crippen molar-refractivity contribution >= 4 is 28.8 Å². The molecule has 0 amide bonds. The molecule has 0 spiro atoms. The Morgan fingerprint density at radius 3 is 1.59 bits per heavy atom. The lowest BCUT2D eigenvalue weighted by atomic mass is 10.00. The molecule has 2 saturated heterocycles.